The number of aromatic nitrogens is 2. The molecule has 0 fully saturated rings. The lowest BCUT2D eigenvalue weighted by Gasteiger charge is -1.97. The second kappa shape index (κ2) is 2.91. The van der Waals surface area contributed by atoms with E-state index in [9.17, 15) is 4.79 Å². The van der Waals surface area contributed by atoms with Crippen LogP contribution in [0.25, 0.3) is 0 Å². The van der Waals surface area contributed by atoms with Crippen molar-refractivity contribution in [1.29, 1.82) is 5.53 Å². The van der Waals surface area contributed by atoms with Crippen molar-refractivity contribution in [3.8, 4) is 0 Å². The largest absolute Gasteiger partial charge is 0.452 e. The van der Waals surface area contributed by atoms with Crippen LogP contribution in [0, 0.1) is 5.53 Å². The molecular formula is C5H6N4O2. The van der Waals surface area contributed by atoms with Crippen molar-refractivity contribution in [3.05, 3.63) is 12.4 Å². The maximum Gasteiger partial charge on any atom is 0.420 e. The van der Waals surface area contributed by atoms with E-state index in [1.165, 1.54) is 19.5 Å². The van der Waals surface area contributed by atoms with Crippen LogP contribution in [-0.4, -0.2) is 22.8 Å². The van der Waals surface area contributed by atoms with Crippen LogP contribution in [0.2, 0.25) is 0 Å². The molecule has 1 aromatic heterocycles. The fraction of sp³-hybridized carbons (Fsp3) is 0.200. The average molecular weight is 154 g/mol. The molecule has 6 nitrogen and oxygen atoms in total. The SMILES string of the molecule is COC(=O)n1ccnc1N=N. The maximum absolute atomic E-state index is 10.8. The minimum atomic E-state index is -0.603. The summed E-state index contributed by atoms with van der Waals surface area (Å²) in [6.45, 7) is 0. The summed E-state index contributed by atoms with van der Waals surface area (Å²) in [7, 11) is 1.25. The van der Waals surface area contributed by atoms with Gasteiger partial charge in [0, 0.05) is 12.4 Å². The standard InChI is InChI=1S/C5H6N4O2/c1-11-5(10)9-3-2-7-4(9)8-6/h2-3,6H,1H3. The number of carbonyl (C=O) groups excluding carboxylic acids is 1. The molecule has 0 radical (unpaired) electrons. The van der Waals surface area contributed by atoms with Crippen LogP contribution >= 0.6 is 0 Å². The number of carbonyl (C=O) groups is 1. The van der Waals surface area contributed by atoms with Crippen LogP contribution in [0.4, 0.5) is 10.7 Å². The highest BCUT2D eigenvalue weighted by Gasteiger charge is 2.08. The van der Waals surface area contributed by atoms with Crippen molar-refractivity contribution in [2.45, 2.75) is 0 Å². The summed E-state index contributed by atoms with van der Waals surface area (Å²) in [5.74, 6) is 0.0110. The molecule has 0 saturated heterocycles. The molecule has 1 heterocycles. The smallest absolute Gasteiger partial charge is 0.420 e. The van der Waals surface area contributed by atoms with E-state index < -0.39 is 6.09 Å². The number of ether oxygens (including phenoxy) is 1. The number of imidazole rings is 1. The molecule has 6 heteroatoms. The second-order valence-electron chi connectivity index (χ2n) is 1.68. The van der Waals surface area contributed by atoms with Crippen molar-refractivity contribution in [2.24, 2.45) is 5.11 Å². The van der Waals surface area contributed by atoms with Gasteiger partial charge in [0.2, 0.25) is 0 Å². The second-order valence-corrected chi connectivity index (χ2v) is 1.68. The predicted molar refractivity (Wildman–Crippen MR) is 34.8 cm³/mol. The number of nitrogens with one attached hydrogen (secondary N) is 1. The van der Waals surface area contributed by atoms with E-state index in [2.05, 4.69) is 14.8 Å². The van der Waals surface area contributed by atoms with E-state index in [0.29, 0.717) is 0 Å². The Balaban J connectivity index is 3.01. The first-order chi connectivity index (χ1) is 5.29. The fourth-order valence-electron chi connectivity index (χ4n) is 0.619. The van der Waals surface area contributed by atoms with E-state index in [-0.39, 0.29) is 5.95 Å². The molecule has 0 amide bonds. The van der Waals surface area contributed by atoms with Crippen LogP contribution in [0.3, 0.4) is 0 Å². The number of hydrogen-bond acceptors (Lipinski definition) is 5. The van der Waals surface area contributed by atoms with Gasteiger partial charge in [0.05, 0.1) is 7.11 Å². The van der Waals surface area contributed by atoms with Crippen molar-refractivity contribution < 1.29 is 9.53 Å². The number of methoxy groups -OCH3 is 1. The zero-order valence-electron chi connectivity index (χ0n) is 5.81. The highest BCUT2D eigenvalue weighted by Crippen LogP contribution is 2.07. The summed E-state index contributed by atoms with van der Waals surface area (Å²) in [6, 6.07) is 0. The lowest BCUT2D eigenvalue weighted by Crippen LogP contribution is -2.09. The molecular weight excluding hydrogens is 148 g/mol. The topological polar surface area (TPSA) is 80.3 Å². The Morgan fingerprint density at radius 2 is 2.64 bits per heavy atom. The first kappa shape index (κ1) is 7.39. The third-order valence-corrected chi connectivity index (χ3v) is 1.09. The van der Waals surface area contributed by atoms with Gasteiger partial charge < -0.3 is 4.74 Å². The van der Waals surface area contributed by atoms with Crippen molar-refractivity contribution in [3.63, 3.8) is 0 Å². The summed E-state index contributed by atoms with van der Waals surface area (Å²) in [5.41, 5.74) is 6.60. The van der Waals surface area contributed by atoms with Crippen molar-refractivity contribution >= 4 is 12.0 Å². The summed E-state index contributed by atoms with van der Waals surface area (Å²) in [4.78, 5) is 14.4. The molecule has 1 N–H and O–H groups in total. The third-order valence-electron chi connectivity index (χ3n) is 1.09. The van der Waals surface area contributed by atoms with Crippen LogP contribution in [-0.2, 0) is 4.74 Å². The molecule has 1 rings (SSSR count). The highest BCUT2D eigenvalue weighted by atomic mass is 16.5. The van der Waals surface area contributed by atoms with Crippen molar-refractivity contribution in [2.75, 3.05) is 7.11 Å². The maximum atomic E-state index is 10.8. The Hall–Kier alpha value is -1.72. The van der Waals surface area contributed by atoms with Gasteiger partial charge >= 0.3 is 6.09 Å². The molecule has 58 valence electrons. The third kappa shape index (κ3) is 1.23. The summed E-state index contributed by atoms with van der Waals surface area (Å²) >= 11 is 0. The number of hydrogen-bond donors (Lipinski definition) is 1. The lowest BCUT2D eigenvalue weighted by molar-refractivity contribution is 0.173. The Labute approximate surface area is 62.3 Å². The van der Waals surface area contributed by atoms with E-state index in [1.807, 2.05) is 0 Å². The molecule has 0 aliphatic rings. The highest BCUT2D eigenvalue weighted by molar-refractivity contribution is 5.72. The molecule has 0 aromatic carbocycles. The van der Waals surface area contributed by atoms with Crippen LogP contribution < -0.4 is 0 Å². The molecule has 0 aliphatic carbocycles. The molecule has 0 bridgehead atoms. The zero-order chi connectivity index (χ0) is 8.27. The first-order valence-electron chi connectivity index (χ1n) is 2.78. The molecule has 0 spiro atoms. The first-order valence-corrected chi connectivity index (χ1v) is 2.78. The van der Waals surface area contributed by atoms with E-state index in [1.54, 1.807) is 0 Å². The monoisotopic (exact) mass is 154 g/mol. The molecule has 11 heavy (non-hydrogen) atoms. The van der Waals surface area contributed by atoms with Crippen LogP contribution in [0.1, 0.15) is 0 Å². The van der Waals surface area contributed by atoms with E-state index in [4.69, 9.17) is 5.53 Å². The molecule has 0 saturated carbocycles. The number of rotatable bonds is 1. The normalized spacial score (nSPS) is 9.18. The van der Waals surface area contributed by atoms with Gasteiger partial charge in [-0.25, -0.2) is 19.9 Å². The predicted octanol–water partition coefficient (Wildman–Crippen LogP) is 1.16. The van der Waals surface area contributed by atoms with Gasteiger partial charge in [-0.1, -0.05) is 0 Å². The summed E-state index contributed by atoms with van der Waals surface area (Å²) in [6.07, 6.45) is 2.14. The number of nitrogens with zero attached hydrogens (tertiary/aromatic N) is 3. The van der Waals surface area contributed by atoms with Crippen LogP contribution in [0.15, 0.2) is 17.5 Å². The van der Waals surface area contributed by atoms with Crippen LogP contribution in [0.5, 0.6) is 0 Å². The summed E-state index contributed by atoms with van der Waals surface area (Å²) in [5, 5.41) is 3.00. The van der Waals surface area contributed by atoms with Gasteiger partial charge in [-0.2, -0.15) is 0 Å². The zero-order valence-corrected chi connectivity index (χ0v) is 5.81. The van der Waals surface area contributed by atoms with Gasteiger partial charge in [-0.05, 0) is 0 Å². The Kier molecular flexibility index (Phi) is 1.95. The molecule has 0 aliphatic heterocycles. The summed E-state index contributed by atoms with van der Waals surface area (Å²) < 4.78 is 5.41. The van der Waals surface area contributed by atoms with Gasteiger partial charge in [-0.3, -0.25) is 0 Å². The fourth-order valence-corrected chi connectivity index (χ4v) is 0.619. The lowest BCUT2D eigenvalue weighted by atomic mass is 10.9. The van der Waals surface area contributed by atoms with E-state index in [0.717, 1.165) is 4.57 Å². The Bertz CT molecular complexity index is 280. The minimum absolute atomic E-state index is 0.0110. The van der Waals surface area contributed by atoms with Gasteiger partial charge in [0.25, 0.3) is 5.95 Å². The van der Waals surface area contributed by atoms with Crippen molar-refractivity contribution in [1.82, 2.24) is 9.55 Å². The Morgan fingerprint density at radius 3 is 3.18 bits per heavy atom. The van der Waals surface area contributed by atoms with Gasteiger partial charge in [-0.15, -0.1) is 5.11 Å². The Morgan fingerprint density at radius 1 is 1.91 bits per heavy atom. The molecule has 1 aromatic rings. The van der Waals surface area contributed by atoms with Gasteiger partial charge in [0.15, 0.2) is 0 Å². The van der Waals surface area contributed by atoms with E-state index >= 15 is 0 Å². The average Bonchev–Trinajstić information content (AvgIpc) is 2.50. The molecule has 0 unspecified atom stereocenters. The molecule has 0 atom stereocenters. The minimum Gasteiger partial charge on any atom is -0.452 e. The quantitative estimate of drug-likeness (QED) is 0.616. The van der Waals surface area contributed by atoms with Gasteiger partial charge in [0.1, 0.15) is 0 Å².